The molecule has 1 amide bonds. The average molecular weight is 238 g/mol. The van der Waals surface area contributed by atoms with E-state index in [2.05, 4.69) is 24.5 Å². The first-order valence-corrected chi connectivity index (χ1v) is 7.12. The number of nitrogens with one attached hydrogen (secondary N) is 2. The fraction of sp³-hybridized carbons (Fsp3) is 0.929. The lowest BCUT2D eigenvalue weighted by molar-refractivity contribution is -0.120. The Morgan fingerprint density at radius 2 is 2.12 bits per heavy atom. The predicted molar refractivity (Wildman–Crippen MR) is 69.7 cm³/mol. The van der Waals surface area contributed by atoms with Crippen molar-refractivity contribution in [2.45, 2.75) is 39.5 Å². The Labute approximate surface area is 105 Å². The molecule has 0 aromatic heterocycles. The molecule has 2 bridgehead atoms. The van der Waals surface area contributed by atoms with E-state index in [1.165, 1.54) is 25.7 Å². The zero-order valence-corrected chi connectivity index (χ0v) is 11.2. The van der Waals surface area contributed by atoms with Gasteiger partial charge in [-0.15, -0.1) is 0 Å². The monoisotopic (exact) mass is 238 g/mol. The molecule has 17 heavy (non-hydrogen) atoms. The van der Waals surface area contributed by atoms with Crippen molar-refractivity contribution in [2.24, 2.45) is 23.7 Å². The second kappa shape index (κ2) is 5.85. The molecule has 0 spiro atoms. The molecule has 0 aliphatic heterocycles. The van der Waals surface area contributed by atoms with Crippen LogP contribution in [-0.4, -0.2) is 25.5 Å². The number of hydrogen-bond acceptors (Lipinski definition) is 2. The highest BCUT2D eigenvalue weighted by atomic mass is 16.1. The predicted octanol–water partition coefficient (Wildman–Crippen LogP) is 1.78. The Kier molecular flexibility index (Phi) is 4.43. The molecule has 0 heterocycles. The lowest BCUT2D eigenvalue weighted by Crippen LogP contribution is -2.38. The maximum absolute atomic E-state index is 11.5. The van der Waals surface area contributed by atoms with Gasteiger partial charge in [0.15, 0.2) is 0 Å². The van der Waals surface area contributed by atoms with Gasteiger partial charge in [0, 0.05) is 6.54 Å². The lowest BCUT2D eigenvalue weighted by Gasteiger charge is -2.21. The second-order valence-electron chi connectivity index (χ2n) is 6.26. The lowest BCUT2D eigenvalue weighted by atomic mass is 9.89. The largest absolute Gasteiger partial charge is 0.355 e. The summed E-state index contributed by atoms with van der Waals surface area (Å²) in [4.78, 5) is 11.5. The Hall–Kier alpha value is -0.570. The minimum absolute atomic E-state index is 0.141. The first-order valence-electron chi connectivity index (χ1n) is 7.12. The van der Waals surface area contributed by atoms with E-state index in [0.29, 0.717) is 12.5 Å². The normalized spacial score (nSPS) is 31.1. The molecule has 0 saturated heterocycles. The number of amides is 1. The summed E-state index contributed by atoms with van der Waals surface area (Å²) < 4.78 is 0. The quantitative estimate of drug-likeness (QED) is 0.740. The van der Waals surface area contributed by atoms with E-state index in [9.17, 15) is 4.79 Å². The van der Waals surface area contributed by atoms with Gasteiger partial charge < -0.3 is 10.6 Å². The van der Waals surface area contributed by atoms with E-state index in [1.54, 1.807) is 0 Å². The fourth-order valence-electron chi connectivity index (χ4n) is 3.38. The maximum atomic E-state index is 11.5. The molecule has 2 aliphatic carbocycles. The Morgan fingerprint density at radius 1 is 1.29 bits per heavy atom. The van der Waals surface area contributed by atoms with Gasteiger partial charge in [-0.1, -0.05) is 20.3 Å². The molecule has 3 atom stereocenters. The van der Waals surface area contributed by atoms with Crippen molar-refractivity contribution in [3.63, 3.8) is 0 Å². The van der Waals surface area contributed by atoms with Crippen LogP contribution in [0.4, 0.5) is 0 Å². The third-order valence-electron chi connectivity index (χ3n) is 4.28. The van der Waals surface area contributed by atoms with E-state index in [-0.39, 0.29) is 5.91 Å². The van der Waals surface area contributed by atoms with Crippen LogP contribution in [-0.2, 0) is 4.79 Å². The van der Waals surface area contributed by atoms with Crippen LogP contribution in [0.25, 0.3) is 0 Å². The van der Waals surface area contributed by atoms with Gasteiger partial charge >= 0.3 is 0 Å². The zero-order chi connectivity index (χ0) is 12.3. The van der Waals surface area contributed by atoms with Crippen molar-refractivity contribution in [1.29, 1.82) is 0 Å². The molecule has 3 heteroatoms. The Balaban J connectivity index is 1.55. The van der Waals surface area contributed by atoms with Crippen molar-refractivity contribution in [2.75, 3.05) is 19.6 Å². The van der Waals surface area contributed by atoms with Crippen LogP contribution < -0.4 is 10.6 Å². The molecule has 3 nitrogen and oxygen atoms in total. The second-order valence-corrected chi connectivity index (χ2v) is 6.26. The molecule has 2 saturated carbocycles. The highest BCUT2D eigenvalue weighted by molar-refractivity contribution is 5.77. The summed E-state index contributed by atoms with van der Waals surface area (Å²) in [5, 5.41) is 6.26. The minimum atomic E-state index is 0.141. The Morgan fingerprint density at radius 3 is 2.71 bits per heavy atom. The molecule has 2 fully saturated rings. The van der Waals surface area contributed by atoms with Gasteiger partial charge in [0.1, 0.15) is 0 Å². The number of rotatable bonds is 6. The molecule has 0 radical (unpaired) electrons. The van der Waals surface area contributed by atoms with Gasteiger partial charge in [-0.2, -0.15) is 0 Å². The first-order chi connectivity index (χ1) is 8.15. The van der Waals surface area contributed by atoms with E-state index in [0.717, 1.165) is 30.8 Å². The molecular weight excluding hydrogens is 212 g/mol. The summed E-state index contributed by atoms with van der Waals surface area (Å²) in [5.41, 5.74) is 0. The van der Waals surface area contributed by atoms with Gasteiger partial charge in [-0.25, -0.2) is 0 Å². The van der Waals surface area contributed by atoms with E-state index in [4.69, 9.17) is 0 Å². The molecule has 2 N–H and O–H groups in total. The van der Waals surface area contributed by atoms with E-state index >= 15 is 0 Å². The van der Waals surface area contributed by atoms with Crippen molar-refractivity contribution >= 4 is 5.91 Å². The number of carbonyl (C=O) groups is 1. The number of fused-ring (bicyclic) bond motifs is 2. The van der Waals surface area contributed by atoms with Crippen LogP contribution in [0.3, 0.4) is 0 Å². The summed E-state index contributed by atoms with van der Waals surface area (Å²) in [7, 11) is 0. The minimum Gasteiger partial charge on any atom is -0.355 e. The maximum Gasteiger partial charge on any atom is 0.233 e. The number of hydrogen-bond donors (Lipinski definition) is 2. The topological polar surface area (TPSA) is 41.1 Å². The van der Waals surface area contributed by atoms with Crippen LogP contribution in [0.5, 0.6) is 0 Å². The highest BCUT2D eigenvalue weighted by Crippen LogP contribution is 2.47. The fourth-order valence-corrected chi connectivity index (χ4v) is 3.38. The van der Waals surface area contributed by atoms with Crippen LogP contribution in [0, 0.1) is 23.7 Å². The van der Waals surface area contributed by atoms with Gasteiger partial charge in [0.25, 0.3) is 0 Å². The summed E-state index contributed by atoms with van der Waals surface area (Å²) in [6.07, 6.45) is 5.73. The summed E-state index contributed by atoms with van der Waals surface area (Å²) >= 11 is 0. The summed E-state index contributed by atoms with van der Waals surface area (Å²) in [6, 6.07) is 0. The summed E-state index contributed by atoms with van der Waals surface area (Å²) in [6.45, 7) is 6.54. The number of carbonyl (C=O) groups excluding carboxylic acids is 1. The SMILES string of the molecule is CC(C)CNC(=O)CNCC1CC2CCC1C2. The van der Waals surface area contributed by atoms with Crippen molar-refractivity contribution in [1.82, 2.24) is 10.6 Å². The molecule has 2 rings (SSSR count). The van der Waals surface area contributed by atoms with E-state index in [1.807, 2.05) is 0 Å². The molecule has 0 aromatic rings. The molecular formula is C14H26N2O. The standard InChI is InChI=1S/C14H26N2O/c1-10(2)7-16-14(17)9-15-8-13-6-11-3-4-12(13)5-11/h10-13,15H,3-9H2,1-2H3,(H,16,17). The van der Waals surface area contributed by atoms with Gasteiger partial charge in [-0.05, 0) is 49.5 Å². The first kappa shape index (κ1) is 12.9. The van der Waals surface area contributed by atoms with Gasteiger partial charge in [0.05, 0.1) is 6.54 Å². The van der Waals surface area contributed by atoms with Crippen LogP contribution in [0.2, 0.25) is 0 Å². The van der Waals surface area contributed by atoms with E-state index < -0.39 is 0 Å². The van der Waals surface area contributed by atoms with Crippen LogP contribution in [0.15, 0.2) is 0 Å². The molecule has 2 aliphatic rings. The van der Waals surface area contributed by atoms with Crippen LogP contribution >= 0.6 is 0 Å². The molecule has 0 aromatic carbocycles. The van der Waals surface area contributed by atoms with Crippen molar-refractivity contribution in [3.05, 3.63) is 0 Å². The third kappa shape index (κ3) is 3.70. The Bertz CT molecular complexity index is 265. The van der Waals surface area contributed by atoms with Crippen molar-refractivity contribution in [3.8, 4) is 0 Å². The van der Waals surface area contributed by atoms with Crippen LogP contribution in [0.1, 0.15) is 39.5 Å². The zero-order valence-electron chi connectivity index (χ0n) is 11.2. The average Bonchev–Trinajstić information content (AvgIpc) is 2.88. The van der Waals surface area contributed by atoms with Crippen molar-refractivity contribution < 1.29 is 4.79 Å². The van der Waals surface area contributed by atoms with Gasteiger partial charge in [0.2, 0.25) is 5.91 Å². The molecule has 3 unspecified atom stereocenters. The third-order valence-corrected chi connectivity index (χ3v) is 4.28. The highest BCUT2D eigenvalue weighted by Gasteiger charge is 2.38. The summed E-state index contributed by atoms with van der Waals surface area (Å²) in [5.74, 6) is 3.46. The molecule has 98 valence electrons. The smallest absolute Gasteiger partial charge is 0.233 e. The van der Waals surface area contributed by atoms with Gasteiger partial charge in [-0.3, -0.25) is 4.79 Å².